The summed E-state index contributed by atoms with van der Waals surface area (Å²) in [6.45, 7) is 9.45. The molecule has 0 aliphatic heterocycles. The van der Waals surface area contributed by atoms with Crippen LogP contribution in [0.15, 0.2) is 0 Å². The van der Waals surface area contributed by atoms with E-state index < -0.39 is 97.5 Å². The van der Waals surface area contributed by atoms with Gasteiger partial charge in [-0.25, -0.2) is 9.13 Å². The van der Waals surface area contributed by atoms with Gasteiger partial charge >= 0.3 is 39.5 Å². The third-order valence-electron chi connectivity index (χ3n) is 17.0. The number of aliphatic hydroxyl groups is 1. The summed E-state index contributed by atoms with van der Waals surface area (Å²) in [5.41, 5.74) is 0. The van der Waals surface area contributed by atoms with Crippen molar-refractivity contribution in [3.05, 3.63) is 0 Å². The molecule has 2 unspecified atom stereocenters. The number of esters is 4. The first-order valence-corrected chi connectivity index (χ1v) is 41.0. The molecule has 5 atom stereocenters. The minimum absolute atomic E-state index is 0.104. The number of phosphoric acid groups is 2. The monoisotopic (exact) mass is 1350 g/mol. The Bertz CT molecular complexity index is 1790. The van der Waals surface area contributed by atoms with Crippen molar-refractivity contribution in [1.29, 1.82) is 0 Å². The van der Waals surface area contributed by atoms with Crippen LogP contribution in [-0.2, 0) is 65.4 Å². The normalized spacial score (nSPS) is 14.1. The summed E-state index contributed by atoms with van der Waals surface area (Å²) in [6.07, 6.45) is 51.6. The van der Waals surface area contributed by atoms with Crippen LogP contribution in [0.1, 0.15) is 375 Å². The molecule has 546 valence electrons. The number of unbranched alkanes of at least 4 members (excludes halogenated alkanes) is 42. The molecule has 0 radical (unpaired) electrons. The minimum atomic E-state index is -4.95. The van der Waals surface area contributed by atoms with E-state index in [1.165, 1.54) is 186 Å². The van der Waals surface area contributed by atoms with Gasteiger partial charge in [-0.3, -0.25) is 37.3 Å². The second-order valence-electron chi connectivity index (χ2n) is 27.3. The second kappa shape index (κ2) is 65.0. The SMILES string of the molecule is CCCCCCCCCCCCCCCCCCCCCC(=O)O[C@H](COC(=O)CCCCCCCCCCCCCCC)COP(=O)(O)OC[C@@H](O)COP(=O)(O)OC[C@@H](COC(=O)CCCCCCCCC(C)C)OC(=O)CCCCCCCCCCC(C)C. The fourth-order valence-electron chi connectivity index (χ4n) is 11.1. The molecule has 0 aromatic heterocycles. The number of hydrogen-bond donors (Lipinski definition) is 3. The van der Waals surface area contributed by atoms with Crippen LogP contribution < -0.4 is 0 Å². The molecule has 0 rings (SSSR count). The Morgan fingerprint density at radius 2 is 0.500 bits per heavy atom. The lowest BCUT2D eigenvalue weighted by Crippen LogP contribution is -2.30. The maximum Gasteiger partial charge on any atom is 0.472 e. The Kier molecular flexibility index (Phi) is 63.7. The van der Waals surface area contributed by atoms with E-state index in [1.807, 2.05) is 0 Å². The van der Waals surface area contributed by atoms with E-state index in [1.54, 1.807) is 0 Å². The van der Waals surface area contributed by atoms with Crippen LogP contribution >= 0.6 is 15.6 Å². The molecule has 0 fully saturated rings. The molecule has 0 aromatic carbocycles. The quantitative estimate of drug-likeness (QED) is 0.0222. The average molecular weight is 1350 g/mol. The Labute approximate surface area is 562 Å². The van der Waals surface area contributed by atoms with Crippen molar-refractivity contribution >= 4 is 39.5 Å². The predicted molar refractivity (Wildman–Crippen MR) is 372 cm³/mol. The maximum absolute atomic E-state index is 13.1. The summed E-state index contributed by atoms with van der Waals surface area (Å²) < 4.78 is 68.3. The van der Waals surface area contributed by atoms with Crippen molar-refractivity contribution < 1.29 is 80.2 Å². The van der Waals surface area contributed by atoms with Gasteiger partial charge < -0.3 is 33.8 Å². The van der Waals surface area contributed by atoms with Gasteiger partial charge in [0.25, 0.3) is 0 Å². The molecule has 19 heteroatoms. The van der Waals surface area contributed by atoms with Gasteiger partial charge in [-0.2, -0.15) is 0 Å². The number of phosphoric ester groups is 2. The van der Waals surface area contributed by atoms with Gasteiger partial charge in [0.15, 0.2) is 12.2 Å². The van der Waals surface area contributed by atoms with Crippen LogP contribution in [0, 0.1) is 11.8 Å². The molecule has 0 aromatic rings. The van der Waals surface area contributed by atoms with E-state index in [4.69, 9.17) is 37.0 Å². The molecule has 0 amide bonds. The summed E-state index contributed by atoms with van der Waals surface area (Å²) in [7, 11) is -9.90. The predicted octanol–water partition coefficient (Wildman–Crippen LogP) is 21.2. The van der Waals surface area contributed by atoms with Gasteiger partial charge in [0.2, 0.25) is 0 Å². The van der Waals surface area contributed by atoms with Crippen molar-refractivity contribution in [2.24, 2.45) is 11.8 Å². The van der Waals surface area contributed by atoms with E-state index in [0.29, 0.717) is 31.6 Å². The lowest BCUT2D eigenvalue weighted by Gasteiger charge is -2.21. The van der Waals surface area contributed by atoms with Gasteiger partial charge in [0, 0.05) is 25.7 Å². The number of hydrogen-bond acceptors (Lipinski definition) is 15. The summed E-state index contributed by atoms with van der Waals surface area (Å²) in [4.78, 5) is 72.6. The van der Waals surface area contributed by atoms with E-state index in [-0.39, 0.29) is 25.7 Å². The molecule has 0 bridgehead atoms. The van der Waals surface area contributed by atoms with E-state index in [9.17, 15) is 43.2 Å². The average Bonchev–Trinajstić information content (AvgIpc) is 3.27. The van der Waals surface area contributed by atoms with Crippen LogP contribution in [0.25, 0.3) is 0 Å². The Morgan fingerprint density at radius 3 is 0.739 bits per heavy atom. The first-order valence-electron chi connectivity index (χ1n) is 38.0. The fraction of sp³-hybridized carbons (Fsp3) is 0.945. The molecule has 0 heterocycles. The van der Waals surface area contributed by atoms with Crippen molar-refractivity contribution in [3.8, 4) is 0 Å². The Hall–Kier alpha value is -1.94. The van der Waals surface area contributed by atoms with E-state index >= 15 is 0 Å². The van der Waals surface area contributed by atoms with Crippen molar-refractivity contribution in [1.82, 2.24) is 0 Å². The summed E-state index contributed by atoms with van der Waals surface area (Å²) >= 11 is 0. The molecule has 92 heavy (non-hydrogen) atoms. The molecule has 0 spiro atoms. The molecule has 0 saturated carbocycles. The van der Waals surface area contributed by atoms with Gasteiger partial charge in [-0.05, 0) is 37.5 Å². The lowest BCUT2D eigenvalue weighted by atomic mass is 10.0. The molecule has 3 N–H and O–H groups in total. The van der Waals surface area contributed by atoms with Crippen LogP contribution in [0.4, 0.5) is 0 Å². The zero-order valence-electron chi connectivity index (χ0n) is 59.9. The highest BCUT2D eigenvalue weighted by molar-refractivity contribution is 7.47. The second-order valence-corrected chi connectivity index (χ2v) is 30.2. The van der Waals surface area contributed by atoms with Gasteiger partial charge in [-0.1, -0.05) is 324 Å². The molecule has 0 aliphatic carbocycles. The Balaban J connectivity index is 5.21. The van der Waals surface area contributed by atoms with Crippen LogP contribution in [-0.4, -0.2) is 96.7 Å². The molecule has 0 aliphatic rings. The molecular formula is C73H142O17P2. The molecular weight excluding hydrogens is 1210 g/mol. The van der Waals surface area contributed by atoms with Crippen molar-refractivity contribution in [3.63, 3.8) is 0 Å². The van der Waals surface area contributed by atoms with Crippen LogP contribution in [0.5, 0.6) is 0 Å². The highest BCUT2D eigenvalue weighted by atomic mass is 31.2. The van der Waals surface area contributed by atoms with Gasteiger partial charge in [-0.15, -0.1) is 0 Å². The number of ether oxygens (including phenoxy) is 4. The summed E-state index contributed by atoms with van der Waals surface area (Å²) in [5, 5.41) is 10.6. The van der Waals surface area contributed by atoms with E-state index in [2.05, 4.69) is 41.5 Å². The van der Waals surface area contributed by atoms with Crippen LogP contribution in [0.3, 0.4) is 0 Å². The molecule has 17 nitrogen and oxygen atoms in total. The third kappa shape index (κ3) is 66.7. The topological polar surface area (TPSA) is 237 Å². The highest BCUT2D eigenvalue weighted by Gasteiger charge is 2.30. The highest BCUT2D eigenvalue weighted by Crippen LogP contribution is 2.45. The number of carbonyl (C=O) groups excluding carboxylic acids is 4. The number of aliphatic hydroxyl groups excluding tert-OH is 1. The zero-order valence-corrected chi connectivity index (χ0v) is 61.6. The first kappa shape index (κ1) is 90.1. The third-order valence-corrected chi connectivity index (χ3v) is 18.9. The molecule has 0 saturated heterocycles. The Morgan fingerprint density at radius 1 is 0.293 bits per heavy atom. The largest absolute Gasteiger partial charge is 0.472 e. The number of rotatable bonds is 72. The van der Waals surface area contributed by atoms with Gasteiger partial charge in [0.1, 0.15) is 19.3 Å². The number of carbonyl (C=O) groups is 4. The maximum atomic E-state index is 13.1. The minimum Gasteiger partial charge on any atom is -0.462 e. The standard InChI is InChI=1S/C73H142O17P2/c1-7-9-11-13-15-17-19-21-22-23-24-25-26-28-30-32-37-45-51-57-72(77)89-68(61-83-70(75)55-49-43-36-31-29-27-20-18-16-14-12-10-8-2)63-87-91(79,80)85-59-67(74)60-86-92(81,82)88-64-69(62-84-71(76)56-50-44-40-39-42-48-54-66(5)6)90-73(78)58-52-46-38-34-33-35-41-47-53-65(3)4/h65-69,74H,7-64H2,1-6H3,(H,79,80)(H,81,82)/t67-,68-,69-/m1/s1. The van der Waals surface area contributed by atoms with Crippen molar-refractivity contribution in [2.45, 2.75) is 394 Å². The first-order chi connectivity index (χ1) is 44.4. The van der Waals surface area contributed by atoms with Gasteiger partial charge in [0.05, 0.1) is 26.4 Å². The smallest absolute Gasteiger partial charge is 0.462 e. The van der Waals surface area contributed by atoms with Crippen molar-refractivity contribution in [2.75, 3.05) is 39.6 Å². The fourth-order valence-corrected chi connectivity index (χ4v) is 12.7. The summed E-state index contributed by atoms with van der Waals surface area (Å²) in [5.74, 6) is -0.726. The lowest BCUT2D eigenvalue weighted by molar-refractivity contribution is -0.161. The summed E-state index contributed by atoms with van der Waals surface area (Å²) in [6, 6.07) is 0. The van der Waals surface area contributed by atoms with Crippen LogP contribution in [0.2, 0.25) is 0 Å². The zero-order chi connectivity index (χ0) is 67.9. The van der Waals surface area contributed by atoms with E-state index in [0.717, 1.165) is 102 Å².